The summed E-state index contributed by atoms with van der Waals surface area (Å²) < 4.78 is 11.5. The van der Waals surface area contributed by atoms with Crippen LogP contribution in [0.15, 0.2) is 45.5 Å². The molecule has 1 aromatic heterocycles. The van der Waals surface area contributed by atoms with Crippen LogP contribution in [0, 0.1) is 0 Å². The molecule has 0 amide bonds. The zero-order valence-electron chi connectivity index (χ0n) is 9.57. The summed E-state index contributed by atoms with van der Waals surface area (Å²) >= 11 is 3.27. The number of rotatable bonds is 5. The standard InChI is InChI=1S/C13H14BrNO2/c1-2-16-11-5-3-10(4-6-11)15-9-12-7-8-13(14)17-12/h3-8,15H,2,9H2,1H3. The first kappa shape index (κ1) is 12.0. The van der Waals surface area contributed by atoms with Crippen LogP contribution < -0.4 is 10.1 Å². The Morgan fingerprint density at radius 3 is 2.53 bits per heavy atom. The summed E-state index contributed by atoms with van der Waals surface area (Å²) in [6, 6.07) is 11.7. The van der Waals surface area contributed by atoms with Crippen molar-refractivity contribution < 1.29 is 9.15 Å². The average Bonchev–Trinajstić information content (AvgIpc) is 2.75. The summed E-state index contributed by atoms with van der Waals surface area (Å²) in [4.78, 5) is 0. The van der Waals surface area contributed by atoms with Crippen LogP contribution in [-0.4, -0.2) is 6.61 Å². The molecule has 0 saturated carbocycles. The maximum Gasteiger partial charge on any atom is 0.169 e. The molecule has 90 valence electrons. The fourth-order valence-corrected chi connectivity index (χ4v) is 1.81. The third kappa shape index (κ3) is 3.53. The molecule has 4 heteroatoms. The van der Waals surface area contributed by atoms with Crippen LogP contribution in [0.3, 0.4) is 0 Å². The lowest BCUT2D eigenvalue weighted by Gasteiger charge is -2.06. The van der Waals surface area contributed by atoms with E-state index < -0.39 is 0 Å². The smallest absolute Gasteiger partial charge is 0.169 e. The third-order valence-corrected chi connectivity index (χ3v) is 2.69. The minimum atomic E-state index is 0.666. The molecule has 0 aliphatic heterocycles. The van der Waals surface area contributed by atoms with Crippen LogP contribution in [0.2, 0.25) is 0 Å². The van der Waals surface area contributed by atoms with Gasteiger partial charge in [-0.3, -0.25) is 0 Å². The Hall–Kier alpha value is -1.42. The van der Waals surface area contributed by atoms with Crippen LogP contribution >= 0.6 is 15.9 Å². The van der Waals surface area contributed by atoms with E-state index in [1.807, 2.05) is 43.3 Å². The highest BCUT2D eigenvalue weighted by atomic mass is 79.9. The van der Waals surface area contributed by atoms with E-state index in [2.05, 4.69) is 21.2 Å². The van der Waals surface area contributed by atoms with Gasteiger partial charge in [-0.2, -0.15) is 0 Å². The third-order valence-electron chi connectivity index (χ3n) is 2.26. The first-order valence-electron chi connectivity index (χ1n) is 5.49. The summed E-state index contributed by atoms with van der Waals surface area (Å²) in [6.45, 7) is 3.33. The van der Waals surface area contributed by atoms with Crippen molar-refractivity contribution in [3.63, 3.8) is 0 Å². The van der Waals surface area contributed by atoms with Gasteiger partial charge in [0.1, 0.15) is 11.5 Å². The number of ether oxygens (including phenoxy) is 1. The number of hydrogen-bond acceptors (Lipinski definition) is 3. The molecule has 2 rings (SSSR count). The first-order chi connectivity index (χ1) is 8.28. The second kappa shape index (κ2) is 5.77. The lowest BCUT2D eigenvalue weighted by molar-refractivity contribution is 0.340. The van der Waals surface area contributed by atoms with Gasteiger partial charge in [-0.05, 0) is 59.3 Å². The van der Waals surface area contributed by atoms with Gasteiger partial charge in [-0.25, -0.2) is 0 Å². The van der Waals surface area contributed by atoms with Crippen molar-refractivity contribution in [2.45, 2.75) is 13.5 Å². The molecule has 17 heavy (non-hydrogen) atoms. The molecule has 1 heterocycles. The quantitative estimate of drug-likeness (QED) is 0.903. The van der Waals surface area contributed by atoms with Gasteiger partial charge in [0.05, 0.1) is 13.2 Å². The van der Waals surface area contributed by atoms with Crippen molar-refractivity contribution in [3.8, 4) is 5.75 Å². The van der Waals surface area contributed by atoms with Crippen LogP contribution in [0.1, 0.15) is 12.7 Å². The molecule has 0 radical (unpaired) electrons. The summed E-state index contributed by atoms with van der Waals surface area (Å²) in [7, 11) is 0. The minimum absolute atomic E-state index is 0.666. The van der Waals surface area contributed by atoms with Crippen molar-refractivity contribution in [3.05, 3.63) is 46.8 Å². The topological polar surface area (TPSA) is 34.4 Å². The zero-order chi connectivity index (χ0) is 12.1. The Morgan fingerprint density at radius 1 is 1.18 bits per heavy atom. The van der Waals surface area contributed by atoms with Gasteiger partial charge >= 0.3 is 0 Å². The number of benzene rings is 1. The van der Waals surface area contributed by atoms with Crippen molar-refractivity contribution in [2.75, 3.05) is 11.9 Å². The van der Waals surface area contributed by atoms with E-state index in [9.17, 15) is 0 Å². The summed E-state index contributed by atoms with van der Waals surface area (Å²) in [6.07, 6.45) is 0. The lowest BCUT2D eigenvalue weighted by atomic mass is 10.3. The SMILES string of the molecule is CCOc1ccc(NCc2ccc(Br)o2)cc1. The van der Waals surface area contributed by atoms with Crippen LogP contribution in [0.4, 0.5) is 5.69 Å². The van der Waals surface area contributed by atoms with Gasteiger partial charge in [0.25, 0.3) is 0 Å². The molecule has 0 aliphatic carbocycles. The fraction of sp³-hybridized carbons (Fsp3) is 0.231. The summed E-state index contributed by atoms with van der Waals surface area (Å²) in [5.41, 5.74) is 1.04. The Bertz CT molecular complexity index is 465. The lowest BCUT2D eigenvalue weighted by Crippen LogP contribution is -1.98. The normalized spacial score (nSPS) is 10.2. The fourth-order valence-electron chi connectivity index (χ4n) is 1.47. The van der Waals surface area contributed by atoms with E-state index in [1.165, 1.54) is 0 Å². The van der Waals surface area contributed by atoms with Crippen molar-refractivity contribution in [1.82, 2.24) is 0 Å². The molecule has 0 unspecified atom stereocenters. The second-order valence-electron chi connectivity index (χ2n) is 3.52. The Kier molecular flexibility index (Phi) is 4.09. The number of nitrogens with one attached hydrogen (secondary N) is 1. The van der Waals surface area contributed by atoms with Crippen molar-refractivity contribution in [2.24, 2.45) is 0 Å². The van der Waals surface area contributed by atoms with E-state index in [4.69, 9.17) is 9.15 Å². The first-order valence-corrected chi connectivity index (χ1v) is 6.28. The largest absolute Gasteiger partial charge is 0.494 e. The van der Waals surface area contributed by atoms with E-state index in [0.29, 0.717) is 13.2 Å². The Morgan fingerprint density at radius 2 is 1.94 bits per heavy atom. The van der Waals surface area contributed by atoms with E-state index >= 15 is 0 Å². The van der Waals surface area contributed by atoms with E-state index in [0.717, 1.165) is 21.9 Å². The molecular formula is C13H14BrNO2. The molecular weight excluding hydrogens is 282 g/mol. The van der Waals surface area contributed by atoms with Crippen LogP contribution in [-0.2, 0) is 6.54 Å². The molecule has 0 aliphatic rings. The van der Waals surface area contributed by atoms with Crippen molar-refractivity contribution in [1.29, 1.82) is 0 Å². The number of anilines is 1. The maximum absolute atomic E-state index is 5.40. The van der Waals surface area contributed by atoms with Gasteiger partial charge < -0.3 is 14.5 Å². The highest BCUT2D eigenvalue weighted by molar-refractivity contribution is 9.10. The number of hydrogen-bond donors (Lipinski definition) is 1. The predicted octanol–water partition coefficient (Wildman–Crippen LogP) is 4.05. The minimum Gasteiger partial charge on any atom is -0.494 e. The molecule has 0 bridgehead atoms. The van der Waals surface area contributed by atoms with Crippen LogP contribution in [0.25, 0.3) is 0 Å². The number of furan rings is 1. The van der Waals surface area contributed by atoms with Crippen molar-refractivity contribution >= 4 is 21.6 Å². The molecule has 2 aromatic rings. The zero-order valence-corrected chi connectivity index (χ0v) is 11.2. The van der Waals surface area contributed by atoms with E-state index in [-0.39, 0.29) is 0 Å². The average molecular weight is 296 g/mol. The summed E-state index contributed by atoms with van der Waals surface area (Å²) in [5.74, 6) is 1.78. The van der Waals surface area contributed by atoms with Gasteiger partial charge in [0.15, 0.2) is 4.67 Å². The second-order valence-corrected chi connectivity index (χ2v) is 4.30. The monoisotopic (exact) mass is 295 g/mol. The highest BCUT2D eigenvalue weighted by Gasteiger charge is 1.99. The highest BCUT2D eigenvalue weighted by Crippen LogP contribution is 2.18. The maximum atomic E-state index is 5.40. The van der Waals surface area contributed by atoms with Gasteiger partial charge in [-0.1, -0.05) is 0 Å². The summed E-state index contributed by atoms with van der Waals surface area (Å²) in [5, 5.41) is 3.27. The molecule has 0 saturated heterocycles. The molecule has 3 nitrogen and oxygen atoms in total. The van der Waals surface area contributed by atoms with E-state index in [1.54, 1.807) is 0 Å². The molecule has 0 spiro atoms. The van der Waals surface area contributed by atoms with Gasteiger partial charge in [0.2, 0.25) is 0 Å². The van der Waals surface area contributed by atoms with Crippen LogP contribution in [0.5, 0.6) is 5.75 Å². The Balaban J connectivity index is 1.90. The molecule has 1 N–H and O–H groups in total. The predicted molar refractivity (Wildman–Crippen MR) is 71.3 cm³/mol. The molecule has 0 atom stereocenters. The van der Waals surface area contributed by atoms with Gasteiger partial charge in [-0.15, -0.1) is 0 Å². The Labute approximate surface area is 109 Å². The molecule has 1 aromatic carbocycles. The molecule has 0 fully saturated rings. The number of halogens is 1. The van der Waals surface area contributed by atoms with Gasteiger partial charge in [0, 0.05) is 5.69 Å².